The van der Waals surface area contributed by atoms with Crippen LogP contribution in [0, 0.1) is 0 Å². The summed E-state index contributed by atoms with van der Waals surface area (Å²) in [7, 11) is 1.60. The monoisotopic (exact) mass is 374 g/mol. The normalized spacial score (nSPS) is 16.1. The lowest BCUT2D eigenvalue weighted by atomic mass is 10.2. The number of nitrogens with one attached hydrogen (secondary N) is 2. The molecule has 4 rings (SSSR count). The van der Waals surface area contributed by atoms with Crippen molar-refractivity contribution in [1.29, 1.82) is 0 Å². The van der Waals surface area contributed by atoms with Crippen LogP contribution in [-0.2, 0) is 0 Å². The Morgan fingerprint density at radius 3 is 2.54 bits per heavy atom. The lowest BCUT2D eigenvalue weighted by Gasteiger charge is -2.17. The molecule has 0 bridgehead atoms. The summed E-state index contributed by atoms with van der Waals surface area (Å²) in [6.07, 6.45) is 8.15. The molecule has 3 heterocycles. The topological polar surface area (TPSA) is 83.0 Å². The molecule has 2 aromatic heterocycles. The number of aromatic nitrogens is 3. The fourth-order valence-corrected chi connectivity index (χ4v) is 3.07. The van der Waals surface area contributed by atoms with Crippen LogP contribution in [0.15, 0.2) is 24.5 Å². The fraction of sp³-hybridized carbons (Fsp3) is 0.444. The number of carbonyl (C=O) groups is 1. The van der Waals surface area contributed by atoms with Gasteiger partial charge in [0.1, 0.15) is 11.4 Å². The predicted octanol–water partition coefficient (Wildman–Crippen LogP) is 2.87. The molecule has 7 nitrogen and oxygen atoms in total. The van der Waals surface area contributed by atoms with Crippen LogP contribution in [0.3, 0.4) is 0 Å². The van der Waals surface area contributed by atoms with E-state index in [1.165, 1.54) is 12.8 Å². The van der Waals surface area contributed by atoms with Crippen LogP contribution in [0.5, 0.6) is 0 Å². The summed E-state index contributed by atoms with van der Waals surface area (Å²) in [5, 5.41) is 5.88. The quantitative estimate of drug-likeness (QED) is 0.837. The van der Waals surface area contributed by atoms with Crippen LogP contribution < -0.4 is 15.5 Å². The van der Waals surface area contributed by atoms with E-state index in [1.807, 2.05) is 12.1 Å². The summed E-state index contributed by atoms with van der Waals surface area (Å²) >= 11 is 0. The Balaban J connectivity index is 0.00000196. The molecule has 0 aromatic carbocycles. The first-order valence-electron chi connectivity index (χ1n) is 8.81. The Kier molecular flexibility index (Phi) is 5.56. The lowest BCUT2D eigenvalue weighted by Crippen LogP contribution is -2.24. The minimum absolute atomic E-state index is 0. The van der Waals surface area contributed by atoms with E-state index in [-0.39, 0.29) is 18.3 Å². The van der Waals surface area contributed by atoms with Crippen molar-refractivity contribution in [2.24, 2.45) is 0 Å². The summed E-state index contributed by atoms with van der Waals surface area (Å²) < 4.78 is 0. The molecule has 0 unspecified atom stereocenters. The number of rotatable bonds is 5. The van der Waals surface area contributed by atoms with E-state index in [1.54, 1.807) is 19.4 Å². The maximum absolute atomic E-state index is 12.1. The van der Waals surface area contributed by atoms with Crippen molar-refractivity contribution in [3.63, 3.8) is 0 Å². The highest BCUT2D eigenvalue weighted by molar-refractivity contribution is 5.99. The largest absolute Gasteiger partial charge is 0.355 e. The SMILES string of the molecule is CNC(=O)c1cnc(N2CCCC2)nc1Nc1ccc(C2CC2)nc1.Cl. The molecule has 1 saturated carbocycles. The third-order valence-corrected chi connectivity index (χ3v) is 4.68. The van der Waals surface area contributed by atoms with Gasteiger partial charge >= 0.3 is 0 Å². The Labute approximate surface area is 159 Å². The molecule has 2 N–H and O–H groups in total. The molecule has 0 radical (unpaired) electrons. The van der Waals surface area contributed by atoms with Gasteiger partial charge in [0, 0.05) is 37.9 Å². The predicted molar refractivity (Wildman–Crippen MR) is 104 cm³/mol. The molecule has 138 valence electrons. The smallest absolute Gasteiger partial charge is 0.256 e. The van der Waals surface area contributed by atoms with Crippen LogP contribution in [0.4, 0.5) is 17.5 Å². The number of amides is 1. The maximum atomic E-state index is 12.1. The van der Waals surface area contributed by atoms with Gasteiger partial charge in [0.2, 0.25) is 5.95 Å². The molecule has 2 aromatic rings. The van der Waals surface area contributed by atoms with Crippen LogP contribution in [0.25, 0.3) is 0 Å². The van der Waals surface area contributed by atoms with Gasteiger partial charge in [-0.3, -0.25) is 9.78 Å². The first-order chi connectivity index (χ1) is 12.2. The molecule has 0 spiro atoms. The van der Waals surface area contributed by atoms with Gasteiger partial charge in [0.05, 0.1) is 11.9 Å². The molecule has 1 amide bonds. The molecule has 26 heavy (non-hydrogen) atoms. The molecule has 1 aliphatic carbocycles. The Hall–Kier alpha value is -2.41. The third-order valence-electron chi connectivity index (χ3n) is 4.68. The van der Waals surface area contributed by atoms with Crippen molar-refractivity contribution < 1.29 is 4.79 Å². The Bertz CT molecular complexity index is 772. The van der Waals surface area contributed by atoms with E-state index in [9.17, 15) is 4.79 Å². The molecular weight excluding hydrogens is 352 g/mol. The van der Waals surface area contributed by atoms with E-state index < -0.39 is 0 Å². The molecular formula is C18H23ClN6O. The van der Waals surface area contributed by atoms with Crippen molar-refractivity contribution in [3.05, 3.63) is 35.8 Å². The maximum Gasteiger partial charge on any atom is 0.256 e. The molecule has 0 atom stereocenters. The number of carbonyl (C=O) groups excluding carboxylic acids is 1. The molecule has 8 heteroatoms. The zero-order valence-electron chi connectivity index (χ0n) is 14.7. The van der Waals surface area contributed by atoms with Crippen LogP contribution in [0.2, 0.25) is 0 Å². The lowest BCUT2D eigenvalue weighted by molar-refractivity contribution is 0.0963. The summed E-state index contributed by atoms with van der Waals surface area (Å²) in [6, 6.07) is 4.04. The van der Waals surface area contributed by atoms with Gasteiger partial charge in [-0.25, -0.2) is 4.98 Å². The molecule has 1 aliphatic heterocycles. The van der Waals surface area contributed by atoms with Crippen molar-refractivity contribution in [2.75, 3.05) is 30.4 Å². The molecule has 2 aliphatic rings. The molecule has 2 fully saturated rings. The van der Waals surface area contributed by atoms with Gasteiger partial charge in [0.25, 0.3) is 5.91 Å². The minimum atomic E-state index is -0.210. The fourth-order valence-electron chi connectivity index (χ4n) is 3.07. The highest BCUT2D eigenvalue weighted by Crippen LogP contribution is 2.39. The van der Waals surface area contributed by atoms with Crippen molar-refractivity contribution >= 4 is 35.8 Å². The second-order valence-corrected chi connectivity index (χ2v) is 6.58. The number of hydrogen-bond acceptors (Lipinski definition) is 6. The highest BCUT2D eigenvalue weighted by atomic mass is 35.5. The number of pyridine rings is 1. The third kappa shape index (κ3) is 3.88. The van der Waals surface area contributed by atoms with Crippen molar-refractivity contribution in [1.82, 2.24) is 20.3 Å². The average Bonchev–Trinajstić information content (AvgIpc) is 3.35. The van der Waals surface area contributed by atoms with Crippen LogP contribution in [0.1, 0.15) is 47.7 Å². The van der Waals surface area contributed by atoms with Gasteiger partial charge in [-0.2, -0.15) is 4.98 Å². The van der Waals surface area contributed by atoms with Gasteiger partial charge < -0.3 is 15.5 Å². The summed E-state index contributed by atoms with van der Waals surface area (Å²) in [5.74, 6) is 1.58. The standard InChI is InChI=1S/C18H22N6O.ClH/c1-19-17(25)14-11-21-18(24-8-2-3-9-24)23-16(14)22-13-6-7-15(20-10-13)12-4-5-12;/h6-7,10-12H,2-5,8-9H2,1H3,(H,19,25)(H,21,22,23);1H. The summed E-state index contributed by atoms with van der Waals surface area (Å²) in [5.41, 5.74) is 2.38. The highest BCUT2D eigenvalue weighted by Gasteiger charge is 2.24. The van der Waals surface area contributed by atoms with Gasteiger partial charge in [0.15, 0.2) is 0 Å². The second-order valence-electron chi connectivity index (χ2n) is 6.58. The zero-order chi connectivity index (χ0) is 17.2. The number of nitrogens with zero attached hydrogens (tertiary/aromatic N) is 4. The number of halogens is 1. The minimum Gasteiger partial charge on any atom is -0.355 e. The molecule has 1 saturated heterocycles. The van der Waals surface area contributed by atoms with Gasteiger partial charge in [-0.15, -0.1) is 12.4 Å². The Morgan fingerprint density at radius 2 is 1.92 bits per heavy atom. The van der Waals surface area contributed by atoms with Crippen molar-refractivity contribution in [2.45, 2.75) is 31.6 Å². The van der Waals surface area contributed by atoms with E-state index in [0.717, 1.165) is 37.3 Å². The van der Waals surface area contributed by atoms with Gasteiger partial charge in [-0.05, 0) is 37.8 Å². The first-order valence-corrected chi connectivity index (χ1v) is 8.81. The second kappa shape index (κ2) is 7.86. The van der Waals surface area contributed by atoms with E-state index >= 15 is 0 Å². The summed E-state index contributed by atoms with van der Waals surface area (Å²) in [6.45, 7) is 1.91. The zero-order valence-corrected chi connectivity index (χ0v) is 15.6. The Morgan fingerprint density at radius 1 is 1.15 bits per heavy atom. The number of hydrogen-bond donors (Lipinski definition) is 2. The van der Waals surface area contributed by atoms with E-state index in [4.69, 9.17) is 0 Å². The number of anilines is 3. The summed E-state index contributed by atoms with van der Waals surface area (Å²) in [4.78, 5) is 27.8. The van der Waals surface area contributed by atoms with E-state index in [2.05, 4.69) is 30.5 Å². The van der Waals surface area contributed by atoms with E-state index in [0.29, 0.717) is 23.2 Å². The van der Waals surface area contributed by atoms with Crippen LogP contribution in [-0.4, -0.2) is 41.0 Å². The first kappa shape index (κ1) is 18.4. The average molecular weight is 375 g/mol. The van der Waals surface area contributed by atoms with Gasteiger partial charge in [-0.1, -0.05) is 0 Å². The van der Waals surface area contributed by atoms with Crippen molar-refractivity contribution in [3.8, 4) is 0 Å². The van der Waals surface area contributed by atoms with Crippen LogP contribution >= 0.6 is 12.4 Å².